The Labute approximate surface area is 284 Å². The lowest BCUT2D eigenvalue weighted by Crippen LogP contribution is -2.00. The van der Waals surface area contributed by atoms with Gasteiger partial charge in [-0.2, -0.15) is 0 Å². The van der Waals surface area contributed by atoms with Crippen LogP contribution in [-0.4, -0.2) is 19.5 Å². The van der Waals surface area contributed by atoms with E-state index in [9.17, 15) is 0 Å². The molecular formula is C45H30N4. The van der Waals surface area contributed by atoms with E-state index in [0.717, 1.165) is 27.9 Å². The van der Waals surface area contributed by atoms with E-state index in [-0.39, 0.29) is 0 Å². The molecule has 4 heteroatoms. The summed E-state index contributed by atoms with van der Waals surface area (Å²) in [6, 6.07) is 63.4. The van der Waals surface area contributed by atoms with Gasteiger partial charge in [0.1, 0.15) is 0 Å². The van der Waals surface area contributed by atoms with Gasteiger partial charge in [0.05, 0.1) is 11.0 Å². The quantitative estimate of drug-likeness (QED) is 0.184. The van der Waals surface area contributed by atoms with Crippen molar-refractivity contribution in [2.75, 3.05) is 0 Å². The summed E-state index contributed by atoms with van der Waals surface area (Å²) in [5, 5.41) is 2.46. The highest BCUT2D eigenvalue weighted by atomic mass is 15.0. The molecule has 0 saturated heterocycles. The van der Waals surface area contributed by atoms with Gasteiger partial charge in [0, 0.05) is 33.2 Å². The third-order valence-electron chi connectivity index (χ3n) is 9.08. The number of rotatable bonds is 6. The van der Waals surface area contributed by atoms with Crippen LogP contribution in [0.3, 0.4) is 0 Å². The van der Waals surface area contributed by atoms with Crippen molar-refractivity contribution in [1.29, 1.82) is 0 Å². The largest absolute Gasteiger partial charge is 0.309 e. The molecule has 0 N–H and O–H groups in total. The maximum atomic E-state index is 4.93. The highest BCUT2D eigenvalue weighted by Gasteiger charge is 2.17. The summed E-state index contributed by atoms with van der Waals surface area (Å²) in [7, 11) is 0. The van der Waals surface area contributed by atoms with Gasteiger partial charge in [-0.3, -0.25) is 0 Å². The minimum absolute atomic E-state index is 0.646. The van der Waals surface area contributed by atoms with Gasteiger partial charge in [-0.25, -0.2) is 15.0 Å². The predicted molar refractivity (Wildman–Crippen MR) is 201 cm³/mol. The Morgan fingerprint density at radius 2 is 0.735 bits per heavy atom. The van der Waals surface area contributed by atoms with Crippen molar-refractivity contribution in [2.24, 2.45) is 0 Å². The van der Waals surface area contributed by atoms with Crippen LogP contribution < -0.4 is 0 Å². The Morgan fingerprint density at radius 1 is 0.306 bits per heavy atom. The Morgan fingerprint density at radius 3 is 1.33 bits per heavy atom. The zero-order valence-electron chi connectivity index (χ0n) is 26.6. The summed E-state index contributed by atoms with van der Waals surface area (Å²) in [5.74, 6) is 1.96. The first-order chi connectivity index (χ1) is 24.3. The summed E-state index contributed by atoms with van der Waals surface area (Å²) < 4.78 is 2.37. The van der Waals surface area contributed by atoms with Crippen molar-refractivity contribution >= 4 is 21.8 Å². The van der Waals surface area contributed by atoms with Crippen molar-refractivity contribution in [2.45, 2.75) is 0 Å². The minimum Gasteiger partial charge on any atom is -0.309 e. The van der Waals surface area contributed by atoms with Gasteiger partial charge in [-0.15, -0.1) is 0 Å². The normalized spacial score (nSPS) is 11.3. The molecule has 9 aromatic rings. The molecule has 49 heavy (non-hydrogen) atoms. The number of hydrogen-bond donors (Lipinski definition) is 0. The van der Waals surface area contributed by atoms with Crippen LogP contribution in [0.2, 0.25) is 0 Å². The molecule has 0 aliphatic rings. The minimum atomic E-state index is 0.646. The molecule has 0 saturated carbocycles. The third kappa shape index (κ3) is 5.26. The van der Waals surface area contributed by atoms with Gasteiger partial charge in [0.25, 0.3) is 0 Å². The number of benzene rings is 7. The van der Waals surface area contributed by atoms with E-state index in [1.807, 2.05) is 60.7 Å². The number of hydrogen-bond acceptors (Lipinski definition) is 3. The van der Waals surface area contributed by atoms with E-state index < -0.39 is 0 Å². The van der Waals surface area contributed by atoms with Gasteiger partial charge >= 0.3 is 0 Å². The van der Waals surface area contributed by atoms with Crippen LogP contribution in [0.5, 0.6) is 0 Å². The Hall–Kier alpha value is -6.65. The second kappa shape index (κ2) is 12.2. The fourth-order valence-corrected chi connectivity index (χ4v) is 6.71. The Bertz CT molecular complexity index is 2500. The SMILES string of the molecule is c1ccc(-c2ccc(-n3c4ccccc4c4c(-c5ccc(-c6nc(-c7ccccc7)nc(-c7ccccc7)n6)cc5)cccc43)cc2)cc1. The first-order valence-corrected chi connectivity index (χ1v) is 16.5. The summed E-state index contributed by atoms with van der Waals surface area (Å²) in [6.45, 7) is 0. The smallest absolute Gasteiger partial charge is 0.164 e. The second-order valence-electron chi connectivity index (χ2n) is 12.1. The van der Waals surface area contributed by atoms with Crippen LogP contribution in [0.4, 0.5) is 0 Å². The van der Waals surface area contributed by atoms with Crippen LogP contribution in [0.15, 0.2) is 182 Å². The van der Waals surface area contributed by atoms with Gasteiger partial charge in [0.2, 0.25) is 0 Å². The molecule has 0 unspecified atom stereocenters. The standard InChI is InChI=1S/C45H30N4/c1-4-13-31(14-5-1)32-27-29-37(30-28-32)49-40-21-11-10-19-39(40)42-38(20-12-22-41(42)49)33-23-25-36(26-24-33)45-47-43(34-15-6-2-7-16-34)46-44(48-45)35-17-8-3-9-18-35/h1-30H. The van der Waals surface area contributed by atoms with E-state index in [2.05, 4.69) is 126 Å². The first-order valence-electron chi connectivity index (χ1n) is 16.5. The van der Waals surface area contributed by atoms with Crippen molar-refractivity contribution in [1.82, 2.24) is 19.5 Å². The molecule has 2 heterocycles. The third-order valence-corrected chi connectivity index (χ3v) is 9.08. The van der Waals surface area contributed by atoms with Crippen molar-refractivity contribution < 1.29 is 0 Å². The molecule has 2 aromatic heterocycles. The van der Waals surface area contributed by atoms with E-state index >= 15 is 0 Å². The number of fused-ring (bicyclic) bond motifs is 3. The Balaban J connectivity index is 1.14. The topological polar surface area (TPSA) is 43.6 Å². The van der Waals surface area contributed by atoms with Crippen LogP contribution >= 0.6 is 0 Å². The summed E-state index contributed by atoms with van der Waals surface area (Å²) in [4.78, 5) is 14.7. The molecule has 0 fully saturated rings. The molecule has 230 valence electrons. The molecule has 0 atom stereocenters. The van der Waals surface area contributed by atoms with Gasteiger partial charge < -0.3 is 4.57 Å². The number of aromatic nitrogens is 4. The number of para-hydroxylation sites is 1. The lowest BCUT2D eigenvalue weighted by molar-refractivity contribution is 1.07. The monoisotopic (exact) mass is 626 g/mol. The highest BCUT2D eigenvalue weighted by Crippen LogP contribution is 2.39. The van der Waals surface area contributed by atoms with Crippen molar-refractivity contribution in [3.05, 3.63) is 182 Å². The molecule has 0 aliphatic heterocycles. The molecule has 0 radical (unpaired) electrons. The van der Waals surface area contributed by atoms with E-state index in [4.69, 9.17) is 15.0 Å². The van der Waals surface area contributed by atoms with Gasteiger partial charge in [0.15, 0.2) is 17.5 Å². The van der Waals surface area contributed by atoms with Crippen LogP contribution in [-0.2, 0) is 0 Å². The van der Waals surface area contributed by atoms with Crippen LogP contribution in [0, 0.1) is 0 Å². The molecule has 0 aliphatic carbocycles. The lowest BCUT2D eigenvalue weighted by Gasteiger charge is -2.11. The fraction of sp³-hybridized carbons (Fsp3) is 0. The average molecular weight is 627 g/mol. The molecule has 0 spiro atoms. The van der Waals surface area contributed by atoms with E-state index in [0.29, 0.717) is 17.5 Å². The van der Waals surface area contributed by atoms with Gasteiger partial charge in [-0.1, -0.05) is 158 Å². The average Bonchev–Trinajstić information content (AvgIpc) is 3.53. The summed E-state index contributed by atoms with van der Waals surface area (Å²) >= 11 is 0. The van der Waals surface area contributed by atoms with E-state index in [1.54, 1.807) is 0 Å². The molecular weight excluding hydrogens is 597 g/mol. The number of nitrogens with zero attached hydrogens (tertiary/aromatic N) is 4. The van der Waals surface area contributed by atoms with Crippen LogP contribution in [0.25, 0.3) is 83.9 Å². The summed E-state index contributed by atoms with van der Waals surface area (Å²) in [6.07, 6.45) is 0. The summed E-state index contributed by atoms with van der Waals surface area (Å²) in [5.41, 5.74) is 11.1. The molecule has 0 bridgehead atoms. The first kappa shape index (κ1) is 28.6. The Kier molecular flexibility index (Phi) is 7.10. The van der Waals surface area contributed by atoms with Gasteiger partial charge in [-0.05, 0) is 46.5 Å². The zero-order valence-corrected chi connectivity index (χ0v) is 26.6. The van der Waals surface area contributed by atoms with Crippen molar-refractivity contribution in [3.63, 3.8) is 0 Å². The maximum absolute atomic E-state index is 4.93. The molecule has 0 amide bonds. The van der Waals surface area contributed by atoms with Crippen molar-refractivity contribution in [3.8, 4) is 62.1 Å². The highest BCUT2D eigenvalue weighted by molar-refractivity contribution is 6.15. The predicted octanol–water partition coefficient (Wildman–Crippen LogP) is 11.3. The van der Waals surface area contributed by atoms with Crippen LogP contribution in [0.1, 0.15) is 0 Å². The fourth-order valence-electron chi connectivity index (χ4n) is 6.71. The molecule has 4 nitrogen and oxygen atoms in total. The second-order valence-corrected chi connectivity index (χ2v) is 12.1. The zero-order chi connectivity index (χ0) is 32.6. The maximum Gasteiger partial charge on any atom is 0.164 e. The lowest BCUT2D eigenvalue weighted by atomic mass is 9.98. The molecule has 7 aromatic carbocycles. The van der Waals surface area contributed by atoms with E-state index in [1.165, 1.54) is 38.5 Å². The molecule has 9 rings (SSSR count).